The summed E-state index contributed by atoms with van der Waals surface area (Å²) in [6.07, 6.45) is 0. The Morgan fingerprint density at radius 3 is 2.44 bits per heavy atom. The van der Waals surface area contributed by atoms with Gasteiger partial charge in [0.15, 0.2) is 0 Å². The second-order valence-electron chi connectivity index (χ2n) is 5.35. The summed E-state index contributed by atoms with van der Waals surface area (Å²) in [6, 6.07) is 6.77. The molecule has 0 saturated carbocycles. The highest BCUT2D eigenvalue weighted by Crippen LogP contribution is 2.24. The van der Waals surface area contributed by atoms with Crippen molar-refractivity contribution >= 4 is 0 Å². The third-order valence-electron chi connectivity index (χ3n) is 2.83. The van der Waals surface area contributed by atoms with Crippen LogP contribution in [0, 0.1) is 6.92 Å². The fourth-order valence-electron chi connectivity index (χ4n) is 1.65. The molecular formula is C14H24N2. The second-order valence-corrected chi connectivity index (χ2v) is 5.35. The van der Waals surface area contributed by atoms with Gasteiger partial charge in [0, 0.05) is 13.2 Å². The maximum absolute atomic E-state index is 3.36. The van der Waals surface area contributed by atoms with E-state index in [0.717, 1.165) is 13.2 Å². The van der Waals surface area contributed by atoms with E-state index in [1.807, 2.05) is 7.05 Å². The molecule has 0 saturated heterocycles. The van der Waals surface area contributed by atoms with Crippen LogP contribution in [-0.2, 0) is 12.0 Å². The fourth-order valence-corrected chi connectivity index (χ4v) is 1.65. The van der Waals surface area contributed by atoms with Crippen molar-refractivity contribution in [1.82, 2.24) is 10.6 Å². The first-order valence-electron chi connectivity index (χ1n) is 5.90. The van der Waals surface area contributed by atoms with Gasteiger partial charge in [-0.3, -0.25) is 0 Å². The van der Waals surface area contributed by atoms with Crippen molar-refractivity contribution in [3.8, 4) is 0 Å². The van der Waals surface area contributed by atoms with Gasteiger partial charge in [-0.05, 0) is 36.1 Å². The van der Waals surface area contributed by atoms with E-state index in [-0.39, 0.29) is 5.41 Å². The standard InChI is InChI=1S/C14H24N2/c1-11-6-7-13(14(2,3)4)8-12(11)9-16-10-15-5/h6-8,15-16H,9-10H2,1-5H3. The first kappa shape index (κ1) is 13.2. The van der Waals surface area contributed by atoms with E-state index in [1.165, 1.54) is 16.7 Å². The molecule has 0 bridgehead atoms. The number of hydrogen-bond acceptors (Lipinski definition) is 2. The summed E-state index contributed by atoms with van der Waals surface area (Å²) in [7, 11) is 1.95. The highest BCUT2D eigenvalue weighted by molar-refractivity contribution is 5.34. The molecule has 0 spiro atoms. The molecule has 0 amide bonds. The molecule has 0 radical (unpaired) electrons. The molecule has 0 unspecified atom stereocenters. The summed E-state index contributed by atoms with van der Waals surface area (Å²) < 4.78 is 0. The van der Waals surface area contributed by atoms with E-state index in [2.05, 4.69) is 56.5 Å². The zero-order chi connectivity index (χ0) is 12.2. The highest BCUT2D eigenvalue weighted by atomic mass is 15.0. The summed E-state index contributed by atoms with van der Waals surface area (Å²) >= 11 is 0. The average molecular weight is 220 g/mol. The molecule has 0 aliphatic carbocycles. The topological polar surface area (TPSA) is 24.1 Å². The zero-order valence-electron chi connectivity index (χ0n) is 11.1. The normalized spacial score (nSPS) is 11.8. The van der Waals surface area contributed by atoms with Gasteiger partial charge in [0.2, 0.25) is 0 Å². The Kier molecular flexibility index (Phi) is 4.51. The smallest absolute Gasteiger partial charge is 0.0454 e. The van der Waals surface area contributed by atoms with Crippen molar-refractivity contribution in [3.05, 3.63) is 34.9 Å². The predicted octanol–water partition coefficient (Wildman–Crippen LogP) is 2.56. The van der Waals surface area contributed by atoms with E-state index < -0.39 is 0 Å². The lowest BCUT2D eigenvalue weighted by Gasteiger charge is -2.21. The minimum Gasteiger partial charge on any atom is -0.308 e. The maximum atomic E-state index is 3.36. The molecular weight excluding hydrogens is 196 g/mol. The quantitative estimate of drug-likeness (QED) is 0.602. The number of benzene rings is 1. The minimum absolute atomic E-state index is 0.228. The van der Waals surface area contributed by atoms with Crippen LogP contribution in [0.1, 0.15) is 37.5 Å². The molecule has 0 atom stereocenters. The summed E-state index contributed by atoms with van der Waals surface area (Å²) in [5.41, 5.74) is 4.38. The summed E-state index contributed by atoms with van der Waals surface area (Å²) in [5.74, 6) is 0. The van der Waals surface area contributed by atoms with Crippen molar-refractivity contribution < 1.29 is 0 Å². The summed E-state index contributed by atoms with van der Waals surface area (Å²) in [4.78, 5) is 0. The van der Waals surface area contributed by atoms with E-state index >= 15 is 0 Å². The van der Waals surface area contributed by atoms with Crippen LogP contribution < -0.4 is 10.6 Å². The van der Waals surface area contributed by atoms with E-state index in [1.54, 1.807) is 0 Å². The van der Waals surface area contributed by atoms with E-state index in [9.17, 15) is 0 Å². The molecule has 16 heavy (non-hydrogen) atoms. The first-order chi connectivity index (χ1) is 7.45. The Hall–Kier alpha value is -0.860. The molecule has 2 N–H and O–H groups in total. The molecule has 1 aromatic rings. The summed E-state index contributed by atoms with van der Waals surface area (Å²) in [5, 5.41) is 6.45. The molecule has 0 heterocycles. The molecule has 90 valence electrons. The van der Waals surface area contributed by atoms with Crippen LogP contribution in [0.2, 0.25) is 0 Å². The molecule has 0 fully saturated rings. The number of rotatable bonds is 4. The molecule has 1 rings (SSSR count). The van der Waals surface area contributed by atoms with Gasteiger partial charge in [0.1, 0.15) is 0 Å². The second kappa shape index (κ2) is 5.46. The van der Waals surface area contributed by atoms with Crippen molar-refractivity contribution in [3.63, 3.8) is 0 Å². The van der Waals surface area contributed by atoms with Gasteiger partial charge in [-0.1, -0.05) is 39.0 Å². The first-order valence-corrected chi connectivity index (χ1v) is 5.90. The average Bonchev–Trinajstić information content (AvgIpc) is 2.19. The van der Waals surface area contributed by atoms with Gasteiger partial charge in [-0.2, -0.15) is 0 Å². The largest absolute Gasteiger partial charge is 0.308 e. The Morgan fingerprint density at radius 2 is 1.88 bits per heavy atom. The molecule has 2 heteroatoms. The van der Waals surface area contributed by atoms with Gasteiger partial charge in [0.05, 0.1) is 0 Å². The Labute approximate surface area is 99.5 Å². The highest BCUT2D eigenvalue weighted by Gasteiger charge is 2.14. The van der Waals surface area contributed by atoms with Crippen LogP contribution in [-0.4, -0.2) is 13.7 Å². The van der Waals surface area contributed by atoms with Crippen molar-refractivity contribution in [1.29, 1.82) is 0 Å². The lowest BCUT2D eigenvalue weighted by atomic mass is 9.85. The Balaban J connectivity index is 2.83. The Morgan fingerprint density at radius 1 is 1.19 bits per heavy atom. The van der Waals surface area contributed by atoms with Gasteiger partial charge in [-0.25, -0.2) is 0 Å². The van der Waals surface area contributed by atoms with E-state index in [0.29, 0.717) is 0 Å². The lowest BCUT2D eigenvalue weighted by Crippen LogP contribution is -2.25. The van der Waals surface area contributed by atoms with Crippen LogP contribution >= 0.6 is 0 Å². The molecule has 0 aliphatic rings. The van der Waals surface area contributed by atoms with Crippen LogP contribution in [0.15, 0.2) is 18.2 Å². The fraction of sp³-hybridized carbons (Fsp3) is 0.571. The maximum Gasteiger partial charge on any atom is 0.0454 e. The minimum atomic E-state index is 0.228. The molecule has 0 aliphatic heterocycles. The predicted molar refractivity (Wildman–Crippen MR) is 70.6 cm³/mol. The molecule has 2 nitrogen and oxygen atoms in total. The van der Waals surface area contributed by atoms with Crippen molar-refractivity contribution in [2.45, 2.75) is 39.7 Å². The van der Waals surface area contributed by atoms with E-state index in [4.69, 9.17) is 0 Å². The number of hydrogen-bond donors (Lipinski definition) is 2. The van der Waals surface area contributed by atoms with Crippen LogP contribution in [0.3, 0.4) is 0 Å². The number of nitrogens with one attached hydrogen (secondary N) is 2. The van der Waals surface area contributed by atoms with Gasteiger partial charge in [0.25, 0.3) is 0 Å². The van der Waals surface area contributed by atoms with Gasteiger partial charge < -0.3 is 10.6 Å². The third-order valence-corrected chi connectivity index (χ3v) is 2.83. The Bertz CT molecular complexity index is 337. The molecule has 0 aromatic heterocycles. The monoisotopic (exact) mass is 220 g/mol. The van der Waals surface area contributed by atoms with Crippen molar-refractivity contribution in [2.75, 3.05) is 13.7 Å². The lowest BCUT2D eigenvalue weighted by molar-refractivity contribution is 0.585. The van der Waals surface area contributed by atoms with Crippen LogP contribution in [0.25, 0.3) is 0 Å². The number of aryl methyl sites for hydroxylation is 1. The van der Waals surface area contributed by atoms with Crippen LogP contribution in [0.4, 0.5) is 0 Å². The van der Waals surface area contributed by atoms with Gasteiger partial charge in [-0.15, -0.1) is 0 Å². The van der Waals surface area contributed by atoms with Crippen LogP contribution in [0.5, 0.6) is 0 Å². The summed E-state index contributed by atoms with van der Waals surface area (Å²) in [6.45, 7) is 10.7. The van der Waals surface area contributed by atoms with Gasteiger partial charge >= 0.3 is 0 Å². The SMILES string of the molecule is CNCNCc1cc(C(C)(C)C)ccc1C. The zero-order valence-corrected chi connectivity index (χ0v) is 11.1. The van der Waals surface area contributed by atoms with Crippen molar-refractivity contribution in [2.24, 2.45) is 0 Å². The third kappa shape index (κ3) is 3.62. The molecule has 1 aromatic carbocycles.